The summed E-state index contributed by atoms with van der Waals surface area (Å²) in [5.41, 5.74) is 6.95. The number of benzene rings is 1. The van der Waals surface area contributed by atoms with Crippen molar-refractivity contribution in [1.82, 2.24) is 4.57 Å². The van der Waals surface area contributed by atoms with E-state index in [0.717, 1.165) is 29.4 Å². The number of nitrogens with zero attached hydrogens (tertiary/aromatic N) is 1. The van der Waals surface area contributed by atoms with Crippen LogP contribution in [0.3, 0.4) is 0 Å². The Morgan fingerprint density at radius 3 is 2.65 bits per heavy atom. The molecule has 0 aliphatic rings. The minimum absolute atomic E-state index is 0.0583. The highest BCUT2D eigenvalue weighted by Gasteiger charge is 2.16. The topological polar surface area (TPSA) is 65.1 Å². The van der Waals surface area contributed by atoms with E-state index in [-0.39, 0.29) is 17.7 Å². The maximum Gasteiger partial charge on any atom is 0.217 e. The van der Waals surface area contributed by atoms with E-state index in [2.05, 4.69) is 11.5 Å². The molecule has 1 aromatic heterocycles. The Morgan fingerprint density at radius 1 is 1.30 bits per heavy atom. The number of fused-ring (bicyclic) bond motifs is 1. The Bertz CT molecular complexity index is 643. The van der Waals surface area contributed by atoms with E-state index in [0.29, 0.717) is 6.42 Å². The molecule has 0 saturated carbocycles. The number of nitrogens with two attached hydrogens (primary N) is 1. The molecule has 2 rings (SSSR count). The minimum Gasteiger partial charge on any atom is -0.370 e. The fourth-order valence-corrected chi connectivity index (χ4v) is 2.62. The maximum atomic E-state index is 11.8. The van der Waals surface area contributed by atoms with Gasteiger partial charge in [0.15, 0.2) is 5.78 Å². The van der Waals surface area contributed by atoms with Gasteiger partial charge in [-0.05, 0) is 31.9 Å². The summed E-state index contributed by atoms with van der Waals surface area (Å²) < 4.78 is 2.07. The van der Waals surface area contributed by atoms with Crippen molar-refractivity contribution in [3.05, 3.63) is 36.0 Å². The molecule has 0 saturated heterocycles. The van der Waals surface area contributed by atoms with Crippen LogP contribution in [0.25, 0.3) is 10.9 Å². The highest BCUT2D eigenvalue weighted by atomic mass is 16.1. The molecule has 1 aromatic carbocycles. The third-order valence-electron chi connectivity index (χ3n) is 3.59. The molecular formula is C16H20N2O2. The fourth-order valence-electron chi connectivity index (χ4n) is 2.62. The van der Waals surface area contributed by atoms with Crippen molar-refractivity contribution in [3.8, 4) is 0 Å². The van der Waals surface area contributed by atoms with E-state index in [4.69, 9.17) is 5.73 Å². The van der Waals surface area contributed by atoms with Crippen LogP contribution in [0, 0.1) is 0 Å². The van der Waals surface area contributed by atoms with E-state index in [1.807, 2.05) is 30.3 Å². The first kappa shape index (κ1) is 14.3. The van der Waals surface area contributed by atoms with Crippen molar-refractivity contribution in [2.24, 2.45) is 5.73 Å². The van der Waals surface area contributed by atoms with Gasteiger partial charge in [-0.2, -0.15) is 0 Å². The number of hydrogen-bond acceptors (Lipinski definition) is 2. The van der Waals surface area contributed by atoms with Gasteiger partial charge in [0.05, 0.1) is 5.69 Å². The average molecular weight is 272 g/mol. The van der Waals surface area contributed by atoms with E-state index in [1.54, 1.807) is 6.92 Å². The quantitative estimate of drug-likeness (QED) is 0.821. The second kappa shape index (κ2) is 5.90. The lowest BCUT2D eigenvalue weighted by atomic mass is 10.1. The van der Waals surface area contributed by atoms with Crippen LogP contribution in [0.5, 0.6) is 0 Å². The Morgan fingerprint density at radius 2 is 2.00 bits per heavy atom. The zero-order valence-corrected chi connectivity index (χ0v) is 11.9. The van der Waals surface area contributed by atoms with Gasteiger partial charge in [0.1, 0.15) is 0 Å². The SMILES string of the molecule is CC(=O)c1cc2ccccc2n1C(C)CCCC(N)=O. The van der Waals surface area contributed by atoms with Crippen LogP contribution in [0.4, 0.5) is 0 Å². The predicted molar refractivity (Wildman–Crippen MR) is 79.7 cm³/mol. The van der Waals surface area contributed by atoms with Gasteiger partial charge < -0.3 is 10.3 Å². The molecule has 20 heavy (non-hydrogen) atoms. The number of hydrogen-bond donors (Lipinski definition) is 1. The number of amides is 1. The van der Waals surface area contributed by atoms with E-state index >= 15 is 0 Å². The third-order valence-corrected chi connectivity index (χ3v) is 3.59. The number of Topliss-reactive ketones (excluding diaryl/α,β-unsaturated/α-hetero) is 1. The molecule has 4 nitrogen and oxygen atoms in total. The molecule has 0 aliphatic carbocycles. The summed E-state index contributed by atoms with van der Waals surface area (Å²) in [4.78, 5) is 22.6. The number of primary amides is 1. The summed E-state index contributed by atoms with van der Waals surface area (Å²) >= 11 is 0. The maximum absolute atomic E-state index is 11.8. The minimum atomic E-state index is -0.277. The van der Waals surface area contributed by atoms with E-state index < -0.39 is 0 Å². The summed E-state index contributed by atoms with van der Waals surface area (Å²) in [6.45, 7) is 3.65. The second-order valence-electron chi connectivity index (χ2n) is 5.22. The Kier molecular flexibility index (Phi) is 4.23. The average Bonchev–Trinajstić information content (AvgIpc) is 2.77. The van der Waals surface area contributed by atoms with Crippen LogP contribution < -0.4 is 5.73 Å². The molecule has 106 valence electrons. The molecule has 1 heterocycles. The van der Waals surface area contributed by atoms with Crippen molar-refractivity contribution >= 4 is 22.6 Å². The summed E-state index contributed by atoms with van der Waals surface area (Å²) in [5.74, 6) is -0.218. The summed E-state index contributed by atoms with van der Waals surface area (Å²) in [7, 11) is 0. The van der Waals surface area contributed by atoms with Crippen LogP contribution in [-0.2, 0) is 4.79 Å². The number of rotatable bonds is 6. The lowest BCUT2D eigenvalue weighted by Crippen LogP contribution is -2.14. The number of carbonyl (C=O) groups excluding carboxylic acids is 2. The highest BCUT2D eigenvalue weighted by Crippen LogP contribution is 2.27. The monoisotopic (exact) mass is 272 g/mol. The van der Waals surface area contributed by atoms with Gasteiger partial charge in [-0.3, -0.25) is 9.59 Å². The Hall–Kier alpha value is -2.10. The summed E-state index contributed by atoms with van der Waals surface area (Å²) in [5, 5.41) is 1.07. The van der Waals surface area contributed by atoms with Crippen molar-refractivity contribution in [1.29, 1.82) is 0 Å². The van der Waals surface area contributed by atoms with Gasteiger partial charge >= 0.3 is 0 Å². The van der Waals surface area contributed by atoms with Crippen molar-refractivity contribution < 1.29 is 9.59 Å². The number of aromatic nitrogens is 1. The molecule has 2 aromatic rings. The first-order valence-electron chi connectivity index (χ1n) is 6.90. The summed E-state index contributed by atoms with van der Waals surface area (Å²) in [6, 6.07) is 10.1. The number of para-hydroxylation sites is 1. The molecular weight excluding hydrogens is 252 g/mol. The number of ketones is 1. The normalized spacial score (nSPS) is 12.5. The molecule has 1 atom stereocenters. The van der Waals surface area contributed by atoms with Crippen molar-refractivity contribution in [2.45, 2.75) is 39.2 Å². The predicted octanol–water partition coefficient (Wildman–Crippen LogP) is 3.06. The molecule has 0 fully saturated rings. The van der Waals surface area contributed by atoms with Gasteiger partial charge in [-0.25, -0.2) is 0 Å². The van der Waals surface area contributed by atoms with Crippen molar-refractivity contribution in [3.63, 3.8) is 0 Å². The van der Waals surface area contributed by atoms with Gasteiger partial charge in [0, 0.05) is 30.3 Å². The molecule has 0 spiro atoms. The van der Waals surface area contributed by atoms with Crippen LogP contribution in [0.15, 0.2) is 30.3 Å². The van der Waals surface area contributed by atoms with Crippen molar-refractivity contribution in [2.75, 3.05) is 0 Å². The lowest BCUT2D eigenvalue weighted by molar-refractivity contribution is -0.118. The van der Waals surface area contributed by atoms with Gasteiger partial charge in [-0.15, -0.1) is 0 Å². The third kappa shape index (κ3) is 2.90. The van der Waals surface area contributed by atoms with E-state index in [1.165, 1.54) is 0 Å². The molecule has 0 aliphatic heterocycles. The second-order valence-corrected chi connectivity index (χ2v) is 5.22. The largest absolute Gasteiger partial charge is 0.370 e. The Labute approximate surface area is 118 Å². The molecule has 1 unspecified atom stereocenters. The van der Waals surface area contributed by atoms with Crippen LogP contribution in [-0.4, -0.2) is 16.3 Å². The molecule has 4 heteroatoms. The molecule has 0 bridgehead atoms. The fraction of sp³-hybridized carbons (Fsp3) is 0.375. The Balaban J connectivity index is 2.33. The molecule has 1 amide bonds. The number of carbonyl (C=O) groups is 2. The van der Waals surface area contributed by atoms with Crippen LogP contribution in [0.2, 0.25) is 0 Å². The van der Waals surface area contributed by atoms with Crippen LogP contribution in [0.1, 0.15) is 49.6 Å². The molecule has 2 N–H and O–H groups in total. The zero-order valence-electron chi connectivity index (χ0n) is 11.9. The van der Waals surface area contributed by atoms with Gasteiger partial charge in [-0.1, -0.05) is 18.2 Å². The van der Waals surface area contributed by atoms with E-state index in [9.17, 15) is 9.59 Å². The van der Waals surface area contributed by atoms with Crippen LogP contribution >= 0.6 is 0 Å². The molecule has 0 radical (unpaired) electrons. The lowest BCUT2D eigenvalue weighted by Gasteiger charge is -2.17. The van der Waals surface area contributed by atoms with Gasteiger partial charge in [0.2, 0.25) is 5.91 Å². The highest BCUT2D eigenvalue weighted by molar-refractivity contribution is 5.98. The van der Waals surface area contributed by atoms with Gasteiger partial charge in [0.25, 0.3) is 0 Å². The zero-order chi connectivity index (χ0) is 14.7. The standard InChI is InChI=1S/C16H20N2O2/c1-11(6-5-9-16(17)20)18-14-8-4-3-7-13(14)10-15(18)12(2)19/h3-4,7-8,10-11H,5-6,9H2,1-2H3,(H2,17,20). The smallest absolute Gasteiger partial charge is 0.217 e. The summed E-state index contributed by atoms with van der Waals surface area (Å²) in [6.07, 6.45) is 1.95. The first-order chi connectivity index (χ1) is 9.50. The first-order valence-corrected chi connectivity index (χ1v) is 6.90.